The maximum Gasteiger partial charge on any atom is 0.185 e. The summed E-state index contributed by atoms with van der Waals surface area (Å²) in [4.78, 5) is 7.40. The van der Waals surface area contributed by atoms with Gasteiger partial charge in [0, 0.05) is 29.9 Å². The van der Waals surface area contributed by atoms with Crippen molar-refractivity contribution in [1.29, 1.82) is 0 Å². The van der Waals surface area contributed by atoms with E-state index in [0.717, 1.165) is 17.2 Å². The van der Waals surface area contributed by atoms with Crippen LogP contribution in [0.2, 0.25) is 5.02 Å². The first-order chi connectivity index (χ1) is 14.7. The van der Waals surface area contributed by atoms with Crippen molar-refractivity contribution in [2.75, 3.05) is 18.0 Å². The van der Waals surface area contributed by atoms with Crippen LogP contribution in [0.5, 0.6) is 0 Å². The number of hydrogen-bond acceptors (Lipinski definition) is 5. The van der Waals surface area contributed by atoms with Crippen molar-refractivity contribution in [3.63, 3.8) is 0 Å². The first kappa shape index (κ1) is 22.3. The standard InChI is InChI=1S/C24H27ClN2O2S2/c1-16-11-17(2)23(18(3)12-16)14-20-15-30-24(26-20)27-9-7-21(8-10-27)31(28,29)22-6-4-5-19(25)13-22/h4-6,11-13,15,21H,7-10,14H2,1-3H3. The quantitative estimate of drug-likeness (QED) is 0.472. The zero-order valence-electron chi connectivity index (χ0n) is 18.1. The summed E-state index contributed by atoms with van der Waals surface area (Å²) in [6.07, 6.45) is 2.02. The molecule has 3 aromatic rings. The third-order valence-electron chi connectivity index (χ3n) is 6.01. The molecule has 0 atom stereocenters. The van der Waals surface area contributed by atoms with E-state index >= 15 is 0 Å². The van der Waals surface area contributed by atoms with E-state index in [-0.39, 0.29) is 5.25 Å². The van der Waals surface area contributed by atoms with Crippen LogP contribution in [0.25, 0.3) is 0 Å². The van der Waals surface area contributed by atoms with Gasteiger partial charge in [0.15, 0.2) is 15.0 Å². The second kappa shape index (κ2) is 8.93. The second-order valence-corrected chi connectivity index (χ2v) is 11.9. The molecule has 1 aliphatic heterocycles. The molecule has 31 heavy (non-hydrogen) atoms. The van der Waals surface area contributed by atoms with Crippen molar-refractivity contribution in [3.8, 4) is 0 Å². The van der Waals surface area contributed by atoms with E-state index in [4.69, 9.17) is 16.6 Å². The summed E-state index contributed by atoms with van der Waals surface area (Å²) < 4.78 is 26.0. The summed E-state index contributed by atoms with van der Waals surface area (Å²) in [5, 5.41) is 3.19. The lowest BCUT2D eigenvalue weighted by molar-refractivity contribution is 0.529. The highest BCUT2D eigenvalue weighted by atomic mass is 35.5. The molecule has 164 valence electrons. The van der Waals surface area contributed by atoms with E-state index in [0.29, 0.717) is 35.8 Å². The Kier molecular flexibility index (Phi) is 6.42. The maximum absolute atomic E-state index is 13.0. The molecule has 0 aliphatic carbocycles. The number of sulfone groups is 1. The number of hydrogen-bond donors (Lipinski definition) is 0. The number of aromatic nitrogens is 1. The molecular weight excluding hydrogens is 448 g/mol. The molecule has 1 aliphatic rings. The maximum atomic E-state index is 13.0. The smallest absolute Gasteiger partial charge is 0.185 e. The minimum atomic E-state index is -3.37. The van der Waals surface area contributed by atoms with Crippen LogP contribution in [0.4, 0.5) is 5.13 Å². The summed E-state index contributed by atoms with van der Waals surface area (Å²) in [5.74, 6) is 0. The van der Waals surface area contributed by atoms with Crippen LogP contribution in [0, 0.1) is 20.8 Å². The van der Waals surface area contributed by atoms with Crippen LogP contribution in [0.15, 0.2) is 46.7 Å². The van der Waals surface area contributed by atoms with Gasteiger partial charge < -0.3 is 4.90 Å². The van der Waals surface area contributed by atoms with Gasteiger partial charge in [0.05, 0.1) is 15.8 Å². The first-order valence-corrected chi connectivity index (χ1v) is 13.3. The topological polar surface area (TPSA) is 50.3 Å². The van der Waals surface area contributed by atoms with Crippen molar-refractivity contribution < 1.29 is 8.42 Å². The Hall–Kier alpha value is -1.89. The monoisotopic (exact) mass is 474 g/mol. The summed E-state index contributed by atoms with van der Waals surface area (Å²) in [7, 11) is -3.37. The zero-order chi connectivity index (χ0) is 22.2. The Balaban J connectivity index is 1.43. The van der Waals surface area contributed by atoms with Crippen LogP contribution in [0.3, 0.4) is 0 Å². The molecule has 0 spiro atoms. The average molecular weight is 475 g/mol. The predicted molar refractivity (Wildman–Crippen MR) is 129 cm³/mol. The fraction of sp³-hybridized carbons (Fsp3) is 0.375. The van der Waals surface area contributed by atoms with Gasteiger partial charge in [0.25, 0.3) is 0 Å². The molecule has 4 rings (SSSR count). The number of benzene rings is 2. The summed E-state index contributed by atoms with van der Waals surface area (Å²) in [6, 6.07) is 11.0. The van der Waals surface area contributed by atoms with Crippen molar-refractivity contribution in [3.05, 3.63) is 74.7 Å². The largest absolute Gasteiger partial charge is 0.348 e. The molecule has 2 heterocycles. The molecule has 1 fully saturated rings. The van der Waals surface area contributed by atoms with Crippen LogP contribution in [-0.4, -0.2) is 31.7 Å². The van der Waals surface area contributed by atoms with Crippen LogP contribution >= 0.6 is 22.9 Å². The number of aryl methyl sites for hydroxylation is 3. The fourth-order valence-electron chi connectivity index (χ4n) is 4.39. The molecule has 7 heteroatoms. The zero-order valence-corrected chi connectivity index (χ0v) is 20.4. The lowest BCUT2D eigenvalue weighted by atomic mass is 9.96. The third-order valence-corrected chi connectivity index (χ3v) is 9.46. The van der Waals surface area contributed by atoms with Gasteiger partial charge in [-0.15, -0.1) is 11.3 Å². The summed E-state index contributed by atoms with van der Waals surface area (Å²) in [5.41, 5.74) is 6.31. The number of nitrogens with zero attached hydrogens (tertiary/aromatic N) is 2. The van der Waals surface area contributed by atoms with Crippen molar-refractivity contribution in [1.82, 2.24) is 4.98 Å². The highest BCUT2D eigenvalue weighted by Crippen LogP contribution is 2.31. The Bertz CT molecular complexity index is 1170. The molecule has 4 nitrogen and oxygen atoms in total. The van der Waals surface area contributed by atoms with E-state index in [9.17, 15) is 8.42 Å². The fourth-order valence-corrected chi connectivity index (χ4v) is 7.30. The summed E-state index contributed by atoms with van der Waals surface area (Å²) >= 11 is 7.65. The van der Waals surface area contributed by atoms with Gasteiger partial charge in [0.1, 0.15) is 0 Å². The minimum absolute atomic E-state index is 0.318. The molecular formula is C24H27ClN2O2S2. The van der Waals surface area contributed by atoms with Gasteiger partial charge in [0.2, 0.25) is 0 Å². The Morgan fingerprint density at radius 1 is 1.10 bits per heavy atom. The van der Waals surface area contributed by atoms with Crippen LogP contribution < -0.4 is 4.90 Å². The third kappa shape index (κ3) is 4.81. The van der Waals surface area contributed by atoms with Crippen molar-refractivity contribution >= 4 is 37.9 Å². The van der Waals surface area contributed by atoms with E-state index in [1.54, 1.807) is 35.6 Å². The van der Waals surface area contributed by atoms with Gasteiger partial charge in [-0.2, -0.15) is 0 Å². The second-order valence-electron chi connectivity index (χ2n) is 8.36. The number of rotatable bonds is 5. The first-order valence-electron chi connectivity index (χ1n) is 10.5. The van der Waals surface area contributed by atoms with Crippen LogP contribution in [0.1, 0.15) is 40.8 Å². The van der Waals surface area contributed by atoms with E-state index < -0.39 is 9.84 Å². The normalized spacial score (nSPS) is 15.4. The van der Waals surface area contributed by atoms with Gasteiger partial charge >= 0.3 is 0 Å². The Morgan fingerprint density at radius 3 is 2.42 bits per heavy atom. The molecule has 0 radical (unpaired) electrons. The molecule has 1 aromatic heterocycles. The van der Waals surface area contributed by atoms with Gasteiger partial charge in [-0.25, -0.2) is 13.4 Å². The molecule has 0 saturated carbocycles. The van der Waals surface area contributed by atoms with E-state index in [1.807, 2.05) is 0 Å². The number of piperidine rings is 1. The van der Waals surface area contributed by atoms with E-state index in [1.165, 1.54) is 22.3 Å². The van der Waals surface area contributed by atoms with Gasteiger partial charge in [-0.05, 0) is 68.5 Å². The summed E-state index contributed by atoms with van der Waals surface area (Å²) in [6.45, 7) is 7.84. The number of anilines is 1. The average Bonchev–Trinajstić information content (AvgIpc) is 3.19. The molecule has 0 bridgehead atoms. The van der Waals surface area contributed by atoms with Crippen molar-refractivity contribution in [2.24, 2.45) is 0 Å². The SMILES string of the molecule is Cc1cc(C)c(Cc2csc(N3CCC(S(=O)(=O)c4cccc(Cl)c4)CC3)n2)c(C)c1. The van der Waals surface area contributed by atoms with E-state index in [2.05, 4.69) is 43.2 Å². The predicted octanol–water partition coefficient (Wildman–Crippen LogP) is 5.76. The Labute approximate surface area is 193 Å². The molecule has 1 saturated heterocycles. The van der Waals surface area contributed by atoms with Crippen molar-refractivity contribution in [2.45, 2.75) is 50.2 Å². The highest BCUT2D eigenvalue weighted by molar-refractivity contribution is 7.92. The molecule has 0 N–H and O–H groups in total. The molecule has 0 amide bonds. The lowest BCUT2D eigenvalue weighted by Gasteiger charge is -2.31. The molecule has 0 unspecified atom stereocenters. The Morgan fingerprint density at radius 2 is 1.77 bits per heavy atom. The highest BCUT2D eigenvalue weighted by Gasteiger charge is 2.32. The van der Waals surface area contributed by atoms with Crippen LogP contribution in [-0.2, 0) is 16.3 Å². The van der Waals surface area contributed by atoms with Gasteiger partial charge in [-0.3, -0.25) is 0 Å². The number of halogens is 1. The van der Waals surface area contributed by atoms with Gasteiger partial charge in [-0.1, -0.05) is 35.4 Å². The minimum Gasteiger partial charge on any atom is -0.348 e. The number of thiazole rings is 1. The molecule has 2 aromatic carbocycles. The lowest BCUT2D eigenvalue weighted by Crippen LogP contribution is -2.39.